The molecular weight excluding hydrogens is 357 g/mol. The summed E-state index contributed by atoms with van der Waals surface area (Å²) in [6.07, 6.45) is 1.30. The van der Waals surface area contributed by atoms with Crippen LogP contribution >= 0.6 is 33.9 Å². The standard InChI is InChI=1S/C13H14Cl3NO3S/c1-13(2,8-17)4-3-5-20-12-10(14)6-9(7-11(12)15)21(16,18)19/h6-7H,3-5H2,1-2H3. The second kappa shape index (κ2) is 7.06. The molecule has 0 aliphatic rings. The number of rotatable bonds is 6. The van der Waals surface area contributed by atoms with Crippen molar-refractivity contribution in [3.8, 4) is 11.8 Å². The van der Waals surface area contributed by atoms with E-state index in [1.807, 2.05) is 13.8 Å². The fourth-order valence-corrected chi connectivity index (χ4v) is 3.07. The molecule has 0 N–H and O–H groups in total. The molecule has 0 fully saturated rings. The normalized spacial score (nSPS) is 12.0. The summed E-state index contributed by atoms with van der Waals surface area (Å²) in [5, 5.41) is 9.04. The molecule has 0 saturated heterocycles. The van der Waals surface area contributed by atoms with Gasteiger partial charge < -0.3 is 4.74 Å². The molecule has 0 unspecified atom stereocenters. The van der Waals surface area contributed by atoms with Crippen molar-refractivity contribution in [1.29, 1.82) is 5.26 Å². The van der Waals surface area contributed by atoms with Gasteiger partial charge in [-0.05, 0) is 38.8 Å². The zero-order valence-corrected chi connectivity index (χ0v) is 14.6. The van der Waals surface area contributed by atoms with Gasteiger partial charge in [-0.2, -0.15) is 5.26 Å². The third-order valence-corrected chi connectivity index (χ3v) is 4.64. The van der Waals surface area contributed by atoms with Crippen LogP contribution in [0, 0.1) is 16.7 Å². The molecule has 0 spiro atoms. The first kappa shape index (κ1) is 18.4. The van der Waals surface area contributed by atoms with Gasteiger partial charge in [0.15, 0.2) is 5.75 Å². The van der Waals surface area contributed by atoms with E-state index < -0.39 is 14.5 Å². The number of halogens is 3. The van der Waals surface area contributed by atoms with Crippen LogP contribution < -0.4 is 4.74 Å². The molecule has 0 atom stereocenters. The maximum absolute atomic E-state index is 11.2. The minimum atomic E-state index is -3.90. The van der Waals surface area contributed by atoms with E-state index >= 15 is 0 Å². The number of ether oxygens (including phenoxy) is 1. The van der Waals surface area contributed by atoms with Crippen molar-refractivity contribution in [1.82, 2.24) is 0 Å². The lowest BCUT2D eigenvalue weighted by molar-refractivity contribution is 0.284. The third-order valence-electron chi connectivity index (χ3n) is 2.75. The van der Waals surface area contributed by atoms with Crippen molar-refractivity contribution < 1.29 is 13.2 Å². The van der Waals surface area contributed by atoms with Gasteiger partial charge in [0.25, 0.3) is 9.05 Å². The van der Waals surface area contributed by atoms with Crippen LogP contribution in [0.2, 0.25) is 10.0 Å². The molecule has 21 heavy (non-hydrogen) atoms. The number of hydrogen-bond acceptors (Lipinski definition) is 4. The Morgan fingerprint density at radius 2 is 1.81 bits per heavy atom. The van der Waals surface area contributed by atoms with Crippen molar-refractivity contribution in [3.63, 3.8) is 0 Å². The average molecular weight is 371 g/mol. The molecule has 1 aromatic carbocycles. The maximum Gasteiger partial charge on any atom is 0.261 e. The van der Waals surface area contributed by atoms with E-state index in [0.29, 0.717) is 19.4 Å². The monoisotopic (exact) mass is 369 g/mol. The van der Waals surface area contributed by atoms with E-state index in [4.69, 9.17) is 43.9 Å². The van der Waals surface area contributed by atoms with Crippen LogP contribution in [0.1, 0.15) is 26.7 Å². The molecule has 1 aromatic rings. The number of hydrogen-bond donors (Lipinski definition) is 0. The summed E-state index contributed by atoms with van der Waals surface area (Å²) in [6, 6.07) is 4.57. The second-order valence-electron chi connectivity index (χ2n) is 5.10. The van der Waals surface area contributed by atoms with E-state index in [1.165, 1.54) is 12.1 Å². The Kier molecular flexibility index (Phi) is 6.18. The molecule has 0 aliphatic carbocycles. The van der Waals surface area contributed by atoms with Gasteiger partial charge in [0, 0.05) is 10.7 Å². The smallest absolute Gasteiger partial charge is 0.261 e. The predicted octanol–water partition coefficient (Wildman–Crippen LogP) is 4.63. The van der Waals surface area contributed by atoms with Gasteiger partial charge in [-0.15, -0.1) is 0 Å². The molecule has 0 bridgehead atoms. The van der Waals surface area contributed by atoms with Crippen LogP contribution in [0.4, 0.5) is 0 Å². The van der Waals surface area contributed by atoms with Crippen LogP contribution in [0.25, 0.3) is 0 Å². The molecule has 8 heteroatoms. The molecule has 0 aliphatic heterocycles. The van der Waals surface area contributed by atoms with Crippen LogP contribution in [0.5, 0.6) is 5.75 Å². The minimum absolute atomic E-state index is 0.0706. The zero-order valence-electron chi connectivity index (χ0n) is 11.5. The zero-order chi connectivity index (χ0) is 16.3. The fraction of sp³-hybridized carbons (Fsp3) is 0.462. The molecule has 0 saturated carbocycles. The quantitative estimate of drug-likeness (QED) is 0.541. The first-order valence-electron chi connectivity index (χ1n) is 6.04. The molecule has 1 rings (SSSR count). The topological polar surface area (TPSA) is 67.2 Å². The summed E-state index contributed by atoms with van der Waals surface area (Å²) in [5.41, 5.74) is -0.423. The van der Waals surface area contributed by atoms with Crippen LogP contribution in [-0.2, 0) is 9.05 Å². The van der Waals surface area contributed by atoms with E-state index in [9.17, 15) is 8.42 Å². The highest BCUT2D eigenvalue weighted by atomic mass is 35.7. The van der Waals surface area contributed by atoms with Gasteiger partial charge in [0.1, 0.15) is 0 Å². The van der Waals surface area contributed by atoms with Crippen molar-refractivity contribution >= 4 is 42.9 Å². The maximum atomic E-state index is 11.2. The lowest BCUT2D eigenvalue weighted by atomic mass is 9.90. The molecule has 116 valence electrons. The predicted molar refractivity (Wildman–Crippen MR) is 83.6 cm³/mol. The Labute approximate surface area is 139 Å². The van der Waals surface area contributed by atoms with Gasteiger partial charge in [0.05, 0.1) is 33.0 Å². The largest absolute Gasteiger partial charge is 0.490 e. The first-order chi connectivity index (χ1) is 9.57. The van der Waals surface area contributed by atoms with Gasteiger partial charge >= 0.3 is 0 Å². The van der Waals surface area contributed by atoms with Crippen molar-refractivity contribution in [2.24, 2.45) is 5.41 Å². The SMILES string of the molecule is CC(C)(C#N)CCCOc1c(Cl)cc(S(=O)(=O)Cl)cc1Cl. The van der Waals surface area contributed by atoms with Gasteiger partial charge in [-0.25, -0.2) is 8.42 Å². The fourth-order valence-electron chi connectivity index (χ4n) is 1.56. The molecule has 4 nitrogen and oxygen atoms in total. The molecule has 0 heterocycles. The van der Waals surface area contributed by atoms with E-state index in [2.05, 4.69) is 6.07 Å². The Morgan fingerprint density at radius 3 is 2.24 bits per heavy atom. The Hall–Kier alpha value is -0.670. The summed E-state index contributed by atoms with van der Waals surface area (Å²) in [6.45, 7) is 4.00. The minimum Gasteiger partial charge on any atom is -0.490 e. The van der Waals surface area contributed by atoms with E-state index in [1.54, 1.807) is 0 Å². The molecule has 0 aromatic heterocycles. The summed E-state index contributed by atoms with van der Waals surface area (Å²) < 4.78 is 27.9. The number of nitriles is 1. The summed E-state index contributed by atoms with van der Waals surface area (Å²) in [5.74, 6) is 0.206. The molecule has 0 radical (unpaired) electrons. The third kappa shape index (κ3) is 5.55. The summed E-state index contributed by atoms with van der Waals surface area (Å²) in [7, 11) is 1.33. The highest BCUT2D eigenvalue weighted by molar-refractivity contribution is 8.13. The van der Waals surface area contributed by atoms with Crippen LogP contribution in [0.3, 0.4) is 0 Å². The Bertz CT molecular complexity index is 643. The number of benzene rings is 1. The lowest BCUT2D eigenvalue weighted by Gasteiger charge is -2.15. The molecular formula is C13H14Cl3NO3S. The summed E-state index contributed by atoms with van der Waals surface area (Å²) >= 11 is 11.9. The van der Waals surface area contributed by atoms with E-state index in [0.717, 1.165) is 0 Å². The lowest BCUT2D eigenvalue weighted by Crippen LogP contribution is -2.10. The van der Waals surface area contributed by atoms with Crippen molar-refractivity contribution in [2.45, 2.75) is 31.6 Å². The van der Waals surface area contributed by atoms with Crippen LogP contribution in [-0.4, -0.2) is 15.0 Å². The summed E-state index contributed by atoms with van der Waals surface area (Å²) in [4.78, 5) is -0.183. The van der Waals surface area contributed by atoms with Gasteiger partial charge in [0.2, 0.25) is 0 Å². The van der Waals surface area contributed by atoms with Gasteiger partial charge in [-0.3, -0.25) is 0 Å². The van der Waals surface area contributed by atoms with Crippen LogP contribution in [0.15, 0.2) is 17.0 Å². The van der Waals surface area contributed by atoms with Crippen molar-refractivity contribution in [2.75, 3.05) is 6.61 Å². The van der Waals surface area contributed by atoms with Crippen molar-refractivity contribution in [3.05, 3.63) is 22.2 Å². The second-order valence-corrected chi connectivity index (χ2v) is 8.48. The first-order valence-corrected chi connectivity index (χ1v) is 9.11. The van der Waals surface area contributed by atoms with Gasteiger partial charge in [-0.1, -0.05) is 23.2 Å². The highest BCUT2D eigenvalue weighted by Gasteiger charge is 2.18. The van der Waals surface area contributed by atoms with E-state index in [-0.39, 0.29) is 20.7 Å². The Morgan fingerprint density at radius 1 is 1.29 bits per heavy atom. The Balaban J connectivity index is 2.76. The molecule has 0 amide bonds. The number of nitrogens with zero attached hydrogens (tertiary/aromatic N) is 1. The highest BCUT2D eigenvalue weighted by Crippen LogP contribution is 2.36. The average Bonchev–Trinajstić information content (AvgIpc) is 2.35.